The Morgan fingerprint density at radius 3 is 2.47 bits per heavy atom. The van der Waals surface area contributed by atoms with Crippen LogP contribution in [0.25, 0.3) is 0 Å². The zero-order valence-electron chi connectivity index (χ0n) is 9.21. The van der Waals surface area contributed by atoms with Crippen LogP contribution in [0.15, 0.2) is 12.1 Å². The van der Waals surface area contributed by atoms with Gasteiger partial charge in [0.15, 0.2) is 17.3 Å². The SMILES string of the molecule is COc1ccc(CC(C)N)c(F)c1OC. The van der Waals surface area contributed by atoms with Crippen LogP contribution in [-0.4, -0.2) is 20.3 Å². The minimum absolute atomic E-state index is 0.0856. The highest BCUT2D eigenvalue weighted by atomic mass is 19.1. The summed E-state index contributed by atoms with van der Waals surface area (Å²) in [5, 5.41) is 0. The molecule has 1 aromatic rings. The van der Waals surface area contributed by atoms with Crippen molar-refractivity contribution in [2.24, 2.45) is 5.73 Å². The molecule has 1 atom stereocenters. The highest BCUT2D eigenvalue weighted by molar-refractivity contribution is 5.44. The molecule has 3 nitrogen and oxygen atoms in total. The lowest BCUT2D eigenvalue weighted by Crippen LogP contribution is -2.18. The predicted octanol–water partition coefficient (Wildman–Crippen LogP) is 1.73. The summed E-state index contributed by atoms with van der Waals surface area (Å²) in [6, 6.07) is 3.26. The van der Waals surface area contributed by atoms with Crippen molar-refractivity contribution in [2.75, 3.05) is 14.2 Å². The molecule has 1 aromatic carbocycles. The number of nitrogens with two attached hydrogens (primary N) is 1. The Balaban J connectivity index is 3.11. The fraction of sp³-hybridized carbons (Fsp3) is 0.455. The number of hydrogen-bond acceptors (Lipinski definition) is 3. The van der Waals surface area contributed by atoms with Crippen LogP contribution in [0.3, 0.4) is 0 Å². The Kier molecular flexibility index (Phi) is 3.91. The topological polar surface area (TPSA) is 44.5 Å². The highest BCUT2D eigenvalue weighted by Gasteiger charge is 2.15. The van der Waals surface area contributed by atoms with Gasteiger partial charge in [0.2, 0.25) is 0 Å². The summed E-state index contributed by atoms with van der Waals surface area (Å²) in [7, 11) is 2.89. The fourth-order valence-electron chi connectivity index (χ4n) is 1.43. The normalized spacial score (nSPS) is 12.3. The van der Waals surface area contributed by atoms with Gasteiger partial charge in [0.1, 0.15) is 0 Å². The second-order valence-corrected chi connectivity index (χ2v) is 3.46. The molecule has 0 spiro atoms. The van der Waals surface area contributed by atoms with Crippen molar-refractivity contribution in [3.8, 4) is 11.5 Å². The largest absolute Gasteiger partial charge is 0.493 e. The van der Waals surface area contributed by atoms with Crippen LogP contribution in [0.2, 0.25) is 0 Å². The average Bonchev–Trinajstić information content (AvgIpc) is 2.20. The van der Waals surface area contributed by atoms with Crippen LogP contribution in [0.1, 0.15) is 12.5 Å². The van der Waals surface area contributed by atoms with Crippen LogP contribution in [0, 0.1) is 5.82 Å². The molecule has 15 heavy (non-hydrogen) atoms. The molecular weight excluding hydrogens is 197 g/mol. The zero-order chi connectivity index (χ0) is 11.4. The van der Waals surface area contributed by atoms with E-state index in [1.165, 1.54) is 14.2 Å². The molecule has 0 aliphatic rings. The third-order valence-corrected chi connectivity index (χ3v) is 2.11. The molecule has 0 bridgehead atoms. The second-order valence-electron chi connectivity index (χ2n) is 3.46. The molecule has 84 valence electrons. The molecule has 0 aromatic heterocycles. The van der Waals surface area contributed by atoms with Gasteiger partial charge < -0.3 is 15.2 Å². The van der Waals surface area contributed by atoms with Crippen molar-refractivity contribution < 1.29 is 13.9 Å². The van der Waals surface area contributed by atoms with Crippen molar-refractivity contribution in [3.63, 3.8) is 0 Å². The van der Waals surface area contributed by atoms with E-state index in [0.29, 0.717) is 17.7 Å². The first kappa shape index (κ1) is 11.8. The molecule has 1 rings (SSSR count). The molecule has 0 aliphatic carbocycles. The van der Waals surface area contributed by atoms with Crippen LogP contribution in [-0.2, 0) is 6.42 Å². The van der Waals surface area contributed by atoms with Gasteiger partial charge in [-0.3, -0.25) is 0 Å². The first-order valence-electron chi connectivity index (χ1n) is 4.75. The maximum atomic E-state index is 13.8. The summed E-state index contributed by atoms with van der Waals surface area (Å²) < 4.78 is 23.7. The third kappa shape index (κ3) is 2.59. The van der Waals surface area contributed by atoms with Gasteiger partial charge in [-0.05, 0) is 25.0 Å². The number of hydrogen-bond donors (Lipinski definition) is 1. The maximum Gasteiger partial charge on any atom is 0.197 e. The number of ether oxygens (including phenoxy) is 2. The number of rotatable bonds is 4. The Labute approximate surface area is 89.0 Å². The lowest BCUT2D eigenvalue weighted by Gasteiger charge is -2.12. The standard InChI is InChI=1S/C11H16FNO2/c1-7(13)6-8-4-5-9(14-2)11(15-3)10(8)12/h4-5,7H,6,13H2,1-3H3. The number of halogens is 1. The molecular formula is C11H16FNO2. The lowest BCUT2D eigenvalue weighted by molar-refractivity contribution is 0.335. The Morgan fingerprint density at radius 2 is 2.00 bits per heavy atom. The first-order chi connectivity index (χ1) is 7.10. The van der Waals surface area contributed by atoms with Gasteiger partial charge in [-0.2, -0.15) is 0 Å². The minimum atomic E-state index is -0.394. The van der Waals surface area contributed by atoms with E-state index >= 15 is 0 Å². The van der Waals surface area contributed by atoms with Crippen LogP contribution >= 0.6 is 0 Å². The summed E-state index contributed by atoms with van der Waals surface area (Å²) in [6.45, 7) is 1.83. The molecule has 0 saturated heterocycles. The van der Waals surface area contributed by atoms with Crippen molar-refractivity contribution in [1.82, 2.24) is 0 Å². The molecule has 1 unspecified atom stereocenters. The maximum absolute atomic E-state index is 13.8. The quantitative estimate of drug-likeness (QED) is 0.828. The van der Waals surface area contributed by atoms with E-state index in [1.54, 1.807) is 12.1 Å². The molecule has 0 fully saturated rings. The van der Waals surface area contributed by atoms with E-state index in [4.69, 9.17) is 15.2 Å². The van der Waals surface area contributed by atoms with E-state index in [-0.39, 0.29) is 11.8 Å². The number of benzene rings is 1. The van der Waals surface area contributed by atoms with Gasteiger partial charge in [-0.1, -0.05) is 6.07 Å². The monoisotopic (exact) mass is 213 g/mol. The Hall–Kier alpha value is -1.29. The summed E-state index contributed by atoms with van der Waals surface area (Å²) in [5.74, 6) is 0.133. The van der Waals surface area contributed by atoms with Gasteiger partial charge >= 0.3 is 0 Å². The van der Waals surface area contributed by atoms with Crippen LogP contribution in [0.4, 0.5) is 4.39 Å². The van der Waals surface area contributed by atoms with Crippen molar-refractivity contribution in [3.05, 3.63) is 23.5 Å². The summed E-state index contributed by atoms with van der Waals surface area (Å²) >= 11 is 0. The average molecular weight is 213 g/mol. The van der Waals surface area contributed by atoms with E-state index < -0.39 is 5.82 Å². The smallest absolute Gasteiger partial charge is 0.197 e. The number of methoxy groups -OCH3 is 2. The molecule has 2 N–H and O–H groups in total. The Bertz CT molecular complexity index is 340. The van der Waals surface area contributed by atoms with Gasteiger partial charge in [-0.15, -0.1) is 0 Å². The highest BCUT2D eigenvalue weighted by Crippen LogP contribution is 2.32. The van der Waals surface area contributed by atoms with Gasteiger partial charge in [0.05, 0.1) is 14.2 Å². The van der Waals surface area contributed by atoms with Crippen molar-refractivity contribution >= 4 is 0 Å². The summed E-state index contributed by atoms with van der Waals surface area (Å²) in [5.41, 5.74) is 6.16. The summed E-state index contributed by atoms with van der Waals surface area (Å²) in [6.07, 6.45) is 0.478. The van der Waals surface area contributed by atoms with E-state index in [1.807, 2.05) is 6.92 Å². The molecule has 0 radical (unpaired) electrons. The zero-order valence-corrected chi connectivity index (χ0v) is 9.21. The Morgan fingerprint density at radius 1 is 1.33 bits per heavy atom. The minimum Gasteiger partial charge on any atom is -0.493 e. The van der Waals surface area contributed by atoms with E-state index in [2.05, 4.69) is 0 Å². The molecule has 4 heteroatoms. The molecule has 0 amide bonds. The predicted molar refractivity (Wildman–Crippen MR) is 56.9 cm³/mol. The molecule has 0 saturated carbocycles. The van der Waals surface area contributed by atoms with Crippen LogP contribution in [0.5, 0.6) is 11.5 Å². The summed E-state index contributed by atoms with van der Waals surface area (Å²) in [4.78, 5) is 0. The molecule has 0 aliphatic heterocycles. The van der Waals surface area contributed by atoms with E-state index in [9.17, 15) is 4.39 Å². The fourth-order valence-corrected chi connectivity index (χ4v) is 1.43. The third-order valence-electron chi connectivity index (χ3n) is 2.11. The lowest BCUT2D eigenvalue weighted by atomic mass is 10.1. The van der Waals surface area contributed by atoms with Gasteiger partial charge in [-0.25, -0.2) is 4.39 Å². The first-order valence-corrected chi connectivity index (χ1v) is 4.75. The molecule has 0 heterocycles. The van der Waals surface area contributed by atoms with Crippen molar-refractivity contribution in [1.29, 1.82) is 0 Å². The van der Waals surface area contributed by atoms with Crippen LogP contribution < -0.4 is 15.2 Å². The van der Waals surface area contributed by atoms with Gasteiger partial charge in [0, 0.05) is 6.04 Å². The van der Waals surface area contributed by atoms with Crippen molar-refractivity contribution in [2.45, 2.75) is 19.4 Å². The van der Waals surface area contributed by atoms with Gasteiger partial charge in [0.25, 0.3) is 0 Å². The van der Waals surface area contributed by atoms with E-state index in [0.717, 1.165) is 0 Å². The second kappa shape index (κ2) is 4.98.